The van der Waals surface area contributed by atoms with Crippen molar-refractivity contribution in [2.45, 2.75) is 57.4 Å². The van der Waals surface area contributed by atoms with Gasteiger partial charge >= 0.3 is 11.8 Å². The Kier molecular flexibility index (Phi) is 6.62. The second-order valence-corrected chi connectivity index (χ2v) is 9.78. The van der Waals surface area contributed by atoms with Crippen LogP contribution in [0.5, 0.6) is 11.5 Å². The van der Waals surface area contributed by atoms with Gasteiger partial charge in [-0.05, 0) is 51.1 Å². The van der Waals surface area contributed by atoms with Gasteiger partial charge < -0.3 is 32.8 Å². The maximum absolute atomic E-state index is 12.8. The number of methoxy groups -OCH3 is 2. The summed E-state index contributed by atoms with van der Waals surface area (Å²) < 4.78 is 39.2. The topological polar surface area (TPSA) is 120 Å². The Bertz CT molecular complexity index is 1460. The molecule has 200 valence electrons. The second kappa shape index (κ2) is 9.77. The molecule has 1 aromatic heterocycles. The van der Waals surface area contributed by atoms with Crippen LogP contribution in [-0.4, -0.2) is 56.4 Å². The van der Waals surface area contributed by atoms with Crippen LogP contribution in [0.2, 0.25) is 0 Å². The summed E-state index contributed by atoms with van der Waals surface area (Å²) in [4.78, 5) is 37.5. The molecule has 0 saturated carbocycles. The monoisotopic (exact) mass is 524 g/mol. The average molecular weight is 525 g/mol. The first-order valence-electron chi connectivity index (χ1n) is 12.1. The summed E-state index contributed by atoms with van der Waals surface area (Å²) in [5, 5.41) is 0.626. The van der Waals surface area contributed by atoms with Crippen molar-refractivity contribution >= 4 is 22.9 Å². The van der Waals surface area contributed by atoms with Gasteiger partial charge in [0, 0.05) is 35.6 Å². The van der Waals surface area contributed by atoms with E-state index in [0.717, 1.165) is 0 Å². The molecule has 2 aliphatic rings. The number of aryl methyl sites for hydroxylation is 1. The Morgan fingerprint density at radius 2 is 1.79 bits per heavy atom. The van der Waals surface area contributed by atoms with Crippen LogP contribution >= 0.6 is 0 Å². The molecule has 2 saturated heterocycles. The fourth-order valence-corrected chi connectivity index (χ4v) is 4.96. The normalized spacial score (nSPS) is 23.9. The van der Waals surface area contributed by atoms with Crippen molar-refractivity contribution in [2.75, 3.05) is 14.2 Å². The van der Waals surface area contributed by atoms with Crippen LogP contribution in [0, 0.1) is 6.92 Å². The fourth-order valence-electron chi connectivity index (χ4n) is 4.96. The zero-order valence-corrected chi connectivity index (χ0v) is 21.6. The SMILES string of the molecule is COc1cccc(C(=O)Cc2cc3ccc(O[C@@H]4OC(C)(C)[C@H](OC)[C@H]5OC(=O)O[C@@H]45)c(C)c3oc2=O)c1. The molecule has 0 bridgehead atoms. The molecular weight excluding hydrogens is 496 g/mol. The van der Waals surface area contributed by atoms with Gasteiger partial charge in [0.05, 0.1) is 12.7 Å². The standard InChI is InChI=1S/C28H28O10/c1-14-20(34-26-23-22(36-27(31)37-23)24(33-5)28(2,3)38-26)10-9-16-11-17(25(30)35-21(14)16)13-19(29)15-7-6-8-18(12-15)32-4/h6-12,22-24,26H,13H2,1-5H3/t22-,23+,24+,26+/m0/s1. The van der Waals surface area contributed by atoms with E-state index in [1.165, 1.54) is 14.2 Å². The Balaban J connectivity index is 1.41. The van der Waals surface area contributed by atoms with Gasteiger partial charge in [-0.2, -0.15) is 0 Å². The number of hydrogen-bond acceptors (Lipinski definition) is 10. The molecule has 0 N–H and O–H groups in total. The van der Waals surface area contributed by atoms with Gasteiger partial charge in [-0.25, -0.2) is 9.59 Å². The molecule has 0 spiro atoms. The maximum atomic E-state index is 12.8. The highest BCUT2D eigenvalue weighted by molar-refractivity contribution is 5.98. The van der Waals surface area contributed by atoms with Crippen LogP contribution in [0.4, 0.5) is 4.79 Å². The molecule has 3 heterocycles. The molecule has 0 aliphatic carbocycles. The van der Waals surface area contributed by atoms with Crippen LogP contribution < -0.4 is 15.1 Å². The van der Waals surface area contributed by atoms with Crippen LogP contribution in [0.3, 0.4) is 0 Å². The van der Waals surface area contributed by atoms with E-state index in [0.29, 0.717) is 33.6 Å². The largest absolute Gasteiger partial charge is 0.509 e. The zero-order chi connectivity index (χ0) is 27.2. The van der Waals surface area contributed by atoms with Crippen molar-refractivity contribution in [1.82, 2.24) is 0 Å². The number of ketones is 1. The first-order valence-corrected chi connectivity index (χ1v) is 12.1. The van der Waals surface area contributed by atoms with Crippen molar-refractivity contribution in [3.05, 3.63) is 69.6 Å². The van der Waals surface area contributed by atoms with Crippen molar-refractivity contribution in [2.24, 2.45) is 0 Å². The highest BCUT2D eigenvalue weighted by Gasteiger charge is 2.59. The predicted molar refractivity (Wildman–Crippen MR) is 134 cm³/mol. The third-order valence-corrected chi connectivity index (χ3v) is 6.87. The Labute approximate surface area is 218 Å². The third kappa shape index (κ3) is 4.61. The highest BCUT2D eigenvalue weighted by Crippen LogP contribution is 2.39. The molecule has 10 nitrogen and oxygen atoms in total. The first kappa shape index (κ1) is 25.7. The molecule has 10 heteroatoms. The molecular formula is C28H28O10. The van der Waals surface area contributed by atoms with Crippen LogP contribution in [0.15, 0.2) is 51.7 Å². The summed E-state index contributed by atoms with van der Waals surface area (Å²) in [7, 11) is 3.03. The molecule has 4 atom stereocenters. The molecule has 2 fully saturated rings. The minimum absolute atomic E-state index is 0.122. The summed E-state index contributed by atoms with van der Waals surface area (Å²) in [6.45, 7) is 5.35. The summed E-state index contributed by atoms with van der Waals surface area (Å²) in [6, 6.07) is 11.8. The first-order chi connectivity index (χ1) is 18.1. The molecule has 2 aromatic carbocycles. The molecule has 0 radical (unpaired) electrons. The van der Waals surface area contributed by atoms with E-state index < -0.39 is 42.0 Å². The number of benzene rings is 2. The van der Waals surface area contributed by atoms with Crippen molar-refractivity contribution in [1.29, 1.82) is 0 Å². The van der Waals surface area contributed by atoms with E-state index in [1.54, 1.807) is 63.2 Å². The zero-order valence-electron chi connectivity index (χ0n) is 21.6. The van der Waals surface area contributed by atoms with E-state index >= 15 is 0 Å². The van der Waals surface area contributed by atoms with E-state index in [4.69, 9.17) is 32.8 Å². The number of carbonyl (C=O) groups is 2. The minimum Gasteiger partial charge on any atom is -0.497 e. The van der Waals surface area contributed by atoms with Gasteiger partial charge in [0.1, 0.15) is 23.2 Å². The number of fused-ring (bicyclic) bond motifs is 2. The molecule has 0 amide bonds. The van der Waals surface area contributed by atoms with E-state index in [9.17, 15) is 14.4 Å². The predicted octanol–water partition coefficient (Wildman–Crippen LogP) is 3.97. The maximum Gasteiger partial charge on any atom is 0.509 e. The second-order valence-electron chi connectivity index (χ2n) is 9.78. The lowest BCUT2D eigenvalue weighted by Crippen LogP contribution is -2.62. The molecule has 38 heavy (non-hydrogen) atoms. The van der Waals surface area contributed by atoms with Crippen LogP contribution in [-0.2, 0) is 25.4 Å². The van der Waals surface area contributed by atoms with E-state index in [-0.39, 0.29) is 17.8 Å². The molecule has 0 unspecified atom stereocenters. The van der Waals surface area contributed by atoms with E-state index in [1.807, 2.05) is 0 Å². The number of ether oxygens (including phenoxy) is 6. The number of Topliss-reactive ketones (excluding diaryl/α,β-unsaturated/α-hetero) is 1. The number of hydrogen-bond donors (Lipinski definition) is 0. The lowest BCUT2D eigenvalue weighted by Gasteiger charge is -2.45. The fraction of sp³-hybridized carbons (Fsp3) is 0.393. The van der Waals surface area contributed by atoms with Gasteiger partial charge in [-0.1, -0.05) is 12.1 Å². The van der Waals surface area contributed by atoms with Crippen LogP contribution in [0.1, 0.15) is 35.3 Å². The van der Waals surface area contributed by atoms with Gasteiger partial charge in [-0.3, -0.25) is 4.79 Å². The summed E-state index contributed by atoms with van der Waals surface area (Å²) in [6.07, 6.45) is -4.07. The van der Waals surface area contributed by atoms with Crippen molar-refractivity contribution in [3.8, 4) is 11.5 Å². The van der Waals surface area contributed by atoms with Gasteiger partial charge in [0.25, 0.3) is 0 Å². The Morgan fingerprint density at radius 3 is 2.53 bits per heavy atom. The molecule has 2 aliphatic heterocycles. The highest BCUT2D eigenvalue weighted by atomic mass is 16.8. The quantitative estimate of drug-likeness (QED) is 0.255. The number of carbonyl (C=O) groups excluding carboxylic acids is 2. The van der Waals surface area contributed by atoms with Crippen molar-refractivity contribution < 1.29 is 42.4 Å². The van der Waals surface area contributed by atoms with Crippen LogP contribution in [0.25, 0.3) is 11.0 Å². The smallest absolute Gasteiger partial charge is 0.497 e. The lowest BCUT2D eigenvalue weighted by atomic mass is 9.89. The Morgan fingerprint density at radius 1 is 1.03 bits per heavy atom. The summed E-state index contributed by atoms with van der Waals surface area (Å²) >= 11 is 0. The van der Waals surface area contributed by atoms with E-state index in [2.05, 4.69) is 0 Å². The van der Waals surface area contributed by atoms with Gasteiger partial charge in [-0.15, -0.1) is 0 Å². The summed E-state index contributed by atoms with van der Waals surface area (Å²) in [5.41, 5.74) is 0.0541. The third-order valence-electron chi connectivity index (χ3n) is 6.87. The van der Waals surface area contributed by atoms with Gasteiger partial charge in [0.15, 0.2) is 11.9 Å². The summed E-state index contributed by atoms with van der Waals surface area (Å²) in [5.74, 6) is 0.693. The lowest BCUT2D eigenvalue weighted by molar-refractivity contribution is -0.282. The minimum atomic E-state index is -0.990. The number of rotatable bonds is 7. The molecule has 5 rings (SSSR count). The van der Waals surface area contributed by atoms with Gasteiger partial charge in [0.2, 0.25) is 12.4 Å². The van der Waals surface area contributed by atoms with Crippen molar-refractivity contribution in [3.63, 3.8) is 0 Å². The Hall–Kier alpha value is -3.89. The molecule has 3 aromatic rings. The average Bonchev–Trinajstić information content (AvgIpc) is 3.27.